The van der Waals surface area contributed by atoms with Crippen LogP contribution in [-0.2, 0) is 0 Å². The Morgan fingerprint density at radius 2 is 1.16 bits per heavy atom. The van der Waals surface area contributed by atoms with E-state index in [0.29, 0.717) is 8.58 Å². The van der Waals surface area contributed by atoms with Gasteiger partial charge in [-0.15, -0.1) is 0 Å². The van der Waals surface area contributed by atoms with Crippen LogP contribution in [0.5, 0.6) is 0 Å². The Bertz CT molecular complexity index is 1210. The van der Waals surface area contributed by atoms with Gasteiger partial charge in [0.1, 0.15) is 0 Å². The lowest BCUT2D eigenvalue weighted by Gasteiger charge is -2.11. The Morgan fingerprint density at radius 3 is 2.00 bits per heavy atom. The van der Waals surface area contributed by atoms with Gasteiger partial charge in [0.05, 0.1) is 0 Å². The Hall–Kier alpha value is -2.69. The standard InChI is InChI=1S/C24H17P/c1-2-10-21(11-3-1)25-23-12-6-9-17-13-14-20-15-18-7-4-5-8-19(18)16-22(20)24(17)23/h1-16,25H. The van der Waals surface area contributed by atoms with E-state index < -0.39 is 0 Å². The van der Waals surface area contributed by atoms with Gasteiger partial charge in [0.15, 0.2) is 0 Å². The van der Waals surface area contributed by atoms with Crippen molar-refractivity contribution in [2.24, 2.45) is 0 Å². The van der Waals surface area contributed by atoms with Crippen LogP contribution in [0.15, 0.2) is 97.1 Å². The molecule has 118 valence electrons. The van der Waals surface area contributed by atoms with Gasteiger partial charge in [0, 0.05) is 0 Å². The van der Waals surface area contributed by atoms with Gasteiger partial charge < -0.3 is 0 Å². The predicted molar refractivity (Wildman–Crippen MR) is 113 cm³/mol. The molecule has 0 aromatic heterocycles. The summed E-state index contributed by atoms with van der Waals surface area (Å²) in [6, 6.07) is 35.2. The van der Waals surface area contributed by atoms with Gasteiger partial charge in [-0.1, -0.05) is 93.5 Å². The molecule has 0 radical (unpaired) electrons. The van der Waals surface area contributed by atoms with Crippen molar-refractivity contribution in [2.75, 3.05) is 0 Å². The highest BCUT2D eigenvalue weighted by atomic mass is 31.1. The quantitative estimate of drug-likeness (QED) is 0.218. The summed E-state index contributed by atoms with van der Waals surface area (Å²) in [6.07, 6.45) is 0. The third kappa shape index (κ3) is 2.60. The lowest BCUT2D eigenvalue weighted by atomic mass is 9.98. The number of hydrogen-bond acceptors (Lipinski definition) is 0. The van der Waals surface area contributed by atoms with E-state index in [-0.39, 0.29) is 0 Å². The fourth-order valence-electron chi connectivity index (χ4n) is 3.58. The Balaban J connectivity index is 1.82. The molecule has 1 heteroatoms. The van der Waals surface area contributed by atoms with Crippen molar-refractivity contribution in [1.29, 1.82) is 0 Å². The van der Waals surface area contributed by atoms with E-state index >= 15 is 0 Å². The summed E-state index contributed by atoms with van der Waals surface area (Å²) in [5.41, 5.74) is 0. The normalized spacial score (nSPS) is 11.8. The van der Waals surface area contributed by atoms with Crippen molar-refractivity contribution >= 4 is 51.5 Å². The van der Waals surface area contributed by atoms with Crippen molar-refractivity contribution in [3.63, 3.8) is 0 Å². The molecule has 0 nitrogen and oxygen atoms in total. The van der Waals surface area contributed by atoms with Crippen LogP contribution in [0.25, 0.3) is 32.3 Å². The molecule has 25 heavy (non-hydrogen) atoms. The molecule has 0 aliphatic carbocycles. The van der Waals surface area contributed by atoms with Crippen molar-refractivity contribution in [3.8, 4) is 0 Å². The molecule has 0 N–H and O–H groups in total. The molecule has 1 atom stereocenters. The van der Waals surface area contributed by atoms with Gasteiger partial charge in [-0.05, 0) is 55.1 Å². The Kier molecular flexibility index (Phi) is 3.51. The fourth-order valence-corrected chi connectivity index (χ4v) is 4.84. The van der Waals surface area contributed by atoms with Gasteiger partial charge >= 0.3 is 0 Å². The number of fused-ring (bicyclic) bond motifs is 4. The SMILES string of the molecule is c1ccc(Pc2cccc3ccc4cc5ccccc5cc4c23)cc1. The second kappa shape index (κ2) is 5.99. The highest BCUT2D eigenvalue weighted by Gasteiger charge is 2.08. The monoisotopic (exact) mass is 336 g/mol. The van der Waals surface area contributed by atoms with Crippen LogP contribution in [0.3, 0.4) is 0 Å². The lowest BCUT2D eigenvalue weighted by molar-refractivity contribution is 1.77. The van der Waals surface area contributed by atoms with Gasteiger partial charge in [-0.25, -0.2) is 0 Å². The molecule has 0 spiro atoms. The highest BCUT2D eigenvalue weighted by molar-refractivity contribution is 7.56. The molecule has 0 fully saturated rings. The first-order valence-electron chi connectivity index (χ1n) is 8.55. The molecular weight excluding hydrogens is 319 g/mol. The van der Waals surface area contributed by atoms with Crippen LogP contribution in [0.2, 0.25) is 0 Å². The largest absolute Gasteiger partial charge is 0.0622 e. The van der Waals surface area contributed by atoms with Crippen LogP contribution in [-0.4, -0.2) is 0 Å². The van der Waals surface area contributed by atoms with Crippen LogP contribution in [0, 0.1) is 0 Å². The molecule has 5 rings (SSSR count). The minimum atomic E-state index is 0.671. The lowest BCUT2D eigenvalue weighted by Crippen LogP contribution is -2.04. The number of benzene rings is 5. The summed E-state index contributed by atoms with van der Waals surface area (Å²) in [6.45, 7) is 0. The molecule has 0 aliphatic heterocycles. The first-order valence-corrected chi connectivity index (χ1v) is 9.55. The van der Waals surface area contributed by atoms with Gasteiger partial charge in [0.2, 0.25) is 0 Å². The fraction of sp³-hybridized carbons (Fsp3) is 0. The average molecular weight is 336 g/mol. The minimum absolute atomic E-state index is 0.671. The maximum Gasteiger partial charge on any atom is -0.00275 e. The number of hydrogen-bond donors (Lipinski definition) is 0. The molecule has 0 saturated carbocycles. The maximum atomic E-state index is 2.35. The molecule has 1 unspecified atom stereocenters. The third-order valence-corrected chi connectivity index (χ3v) is 6.09. The molecular formula is C24H17P. The second-order valence-corrected chi connectivity index (χ2v) is 7.75. The van der Waals surface area contributed by atoms with Crippen LogP contribution >= 0.6 is 8.58 Å². The van der Waals surface area contributed by atoms with Gasteiger partial charge in [0.25, 0.3) is 0 Å². The average Bonchev–Trinajstić information content (AvgIpc) is 2.67. The zero-order valence-electron chi connectivity index (χ0n) is 13.7. The van der Waals surface area contributed by atoms with Crippen molar-refractivity contribution in [3.05, 3.63) is 97.1 Å². The van der Waals surface area contributed by atoms with Crippen LogP contribution in [0.1, 0.15) is 0 Å². The van der Waals surface area contributed by atoms with E-state index in [9.17, 15) is 0 Å². The van der Waals surface area contributed by atoms with E-state index in [4.69, 9.17) is 0 Å². The van der Waals surface area contributed by atoms with Gasteiger partial charge in [-0.2, -0.15) is 0 Å². The summed E-state index contributed by atoms with van der Waals surface area (Å²) in [5.74, 6) is 0. The predicted octanol–water partition coefficient (Wildman–Crippen LogP) is 5.78. The second-order valence-electron chi connectivity index (χ2n) is 6.38. The van der Waals surface area contributed by atoms with Crippen molar-refractivity contribution in [1.82, 2.24) is 0 Å². The summed E-state index contributed by atoms with van der Waals surface area (Å²) in [4.78, 5) is 0. The first-order chi connectivity index (χ1) is 12.4. The summed E-state index contributed by atoms with van der Waals surface area (Å²) in [7, 11) is 0.671. The Labute approximate surface area is 148 Å². The summed E-state index contributed by atoms with van der Waals surface area (Å²) < 4.78 is 0. The maximum absolute atomic E-state index is 2.35. The van der Waals surface area contributed by atoms with E-state index in [1.807, 2.05) is 0 Å². The topological polar surface area (TPSA) is 0 Å². The van der Waals surface area contributed by atoms with Crippen molar-refractivity contribution < 1.29 is 0 Å². The molecule has 5 aromatic rings. The smallest absolute Gasteiger partial charge is 0.00275 e. The third-order valence-electron chi connectivity index (χ3n) is 4.78. The van der Waals surface area contributed by atoms with Crippen LogP contribution < -0.4 is 10.6 Å². The van der Waals surface area contributed by atoms with Crippen molar-refractivity contribution in [2.45, 2.75) is 0 Å². The zero-order valence-corrected chi connectivity index (χ0v) is 14.7. The molecule has 5 aromatic carbocycles. The molecule has 0 bridgehead atoms. The number of rotatable bonds is 2. The summed E-state index contributed by atoms with van der Waals surface area (Å²) >= 11 is 0. The first kappa shape index (κ1) is 14.6. The van der Waals surface area contributed by atoms with E-state index in [2.05, 4.69) is 97.1 Å². The van der Waals surface area contributed by atoms with E-state index in [0.717, 1.165) is 0 Å². The zero-order chi connectivity index (χ0) is 16.6. The minimum Gasteiger partial charge on any atom is -0.0622 e. The van der Waals surface area contributed by atoms with E-state index in [1.54, 1.807) is 0 Å². The molecule has 0 heterocycles. The molecule has 0 amide bonds. The van der Waals surface area contributed by atoms with Crippen LogP contribution in [0.4, 0.5) is 0 Å². The summed E-state index contributed by atoms with van der Waals surface area (Å²) in [5, 5.41) is 10.8. The Morgan fingerprint density at radius 1 is 0.480 bits per heavy atom. The van der Waals surface area contributed by atoms with E-state index in [1.165, 1.54) is 42.9 Å². The molecule has 0 aliphatic rings. The molecule has 0 saturated heterocycles. The highest BCUT2D eigenvalue weighted by Crippen LogP contribution is 2.31. The van der Waals surface area contributed by atoms with Gasteiger partial charge in [-0.3, -0.25) is 0 Å².